The zero-order chi connectivity index (χ0) is 13.5. The summed E-state index contributed by atoms with van der Waals surface area (Å²) in [6.45, 7) is 0. The van der Waals surface area contributed by atoms with Gasteiger partial charge in [0, 0.05) is 15.6 Å². The molecule has 0 aliphatic heterocycles. The molecule has 0 aliphatic rings. The molecular formula is C15H9F3S. The van der Waals surface area contributed by atoms with Crippen LogP contribution in [-0.4, -0.2) is 0 Å². The summed E-state index contributed by atoms with van der Waals surface area (Å²) in [6.07, 6.45) is -4.29. The molecule has 0 aliphatic carbocycles. The molecule has 0 spiro atoms. The molecule has 96 valence electrons. The van der Waals surface area contributed by atoms with Crippen molar-refractivity contribution in [3.8, 4) is 11.1 Å². The van der Waals surface area contributed by atoms with Gasteiger partial charge in [0.2, 0.25) is 0 Å². The third kappa shape index (κ3) is 2.24. The number of hydrogen-bond acceptors (Lipinski definition) is 1. The lowest BCUT2D eigenvalue weighted by molar-refractivity contribution is -0.137. The summed E-state index contributed by atoms with van der Waals surface area (Å²) in [5.74, 6) is 0. The highest BCUT2D eigenvalue weighted by Gasteiger charge is 2.30. The van der Waals surface area contributed by atoms with Crippen LogP contribution in [0.5, 0.6) is 0 Å². The normalized spacial score (nSPS) is 11.9. The lowest BCUT2D eigenvalue weighted by Gasteiger charge is -2.06. The van der Waals surface area contributed by atoms with Gasteiger partial charge in [0.05, 0.1) is 5.56 Å². The maximum Gasteiger partial charge on any atom is 0.416 e. The first-order valence-electron chi connectivity index (χ1n) is 5.69. The first-order chi connectivity index (χ1) is 9.05. The molecule has 1 heterocycles. The van der Waals surface area contributed by atoms with E-state index in [0.29, 0.717) is 4.70 Å². The first kappa shape index (κ1) is 12.2. The van der Waals surface area contributed by atoms with E-state index >= 15 is 0 Å². The van der Waals surface area contributed by atoms with E-state index < -0.39 is 11.7 Å². The van der Waals surface area contributed by atoms with Crippen LogP contribution in [0.4, 0.5) is 13.2 Å². The molecule has 19 heavy (non-hydrogen) atoms. The number of halogens is 3. The Labute approximate surface area is 112 Å². The Morgan fingerprint density at radius 1 is 0.895 bits per heavy atom. The molecule has 0 saturated carbocycles. The van der Waals surface area contributed by atoms with Crippen molar-refractivity contribution in [2.24, 2.45) is 0 Å². The van der Waals surface area contributed by atoms with Crippen LogP contribution in [0.3, 0.4) is 0 Å². The van der Waals surface area contributed by atoms with Crippen LogP contribution < -0.4 is 0 Å². The summed E-state index contributed by atoms with van der Waals surface area (Å²) in [5.41, 5.74) is 1.41. The van der Waals surface area contributed by atoms with Crippen LogP contribution in [-0.2, 0) is 6.18 Å². The van der Waals surface area contributed by atoms with Crippen molar-refractivity contribution in [2.75, 3.05) is 0 Å². The van der Waals surface area contributed by atoms with E-state index in [2.05, 4.69) is 0 Å². The third-order valence-electron chi connectivity index (χ3n) is 2.99. The topological polar surface area (TPSA) is 0 Å². The van der Waals surface area contributed by atoms with Gasteiger partial charge in [-0.2, -0.15) is 13.2 Å². The highest BCUT2D eigenvalue weighted by molar-refractivity contribution is 7.17. The largest absolute Gasteiger partial charge is 0.416 e. The number of thiophene rings is 1. The van der Waals surface area contributed by atoms with Gasteiger partial charge in [-0.15, -0.1) is 11.3 Å². The molecule has 0 amide bonds. The smallest absolute Gasteiger partial charge is 0.166 e. The Bertz CT molecular complexity index is 711. The Hall–Kier alpha value is -1.81. The molecular weight excluding hydrogens is 269 g/mol. The minimum absolute atomic E-state index is 0.596. The fourth-order valence-corrected chi connectivity index (χ4v) is 3.05. The highest BCUT2D eigenvalue weighted by Crippen LogP contribution is 2.37. The molecule has 3 rings (SSSR count). The standard InChI is InChI=1S/C15H9F3S/c16-15(17,18)11-6-7-12-13(9-19-14(12)8-11)10-4-2-1-3-5-10/h1-9H. The average Bonchev–Trinajstić information content (AvgIpc) is 2.81. The van der Waals surface area contributed by atoms with Crippen molar-refractivity contribution >= 4 is 21.4 Å². The summed E-state index contributed by atoms with van der Waals surface area (Å²) in [6, 6.07) is 13.6. The Balaban J connectivity index is 2.16. The summed E-state index contributed by atoms with van der Waals surface area (Å²) in [7, 11) is 0. The maximum absolute atomic E-state index is 12.7. The number of benzene rings is 2. The van der Waals surface area contributed by atoms with Gasteiger partial charge in [-0.25, -0.2) is 0 Å². The number of hydrogen-bond donors (Lipinski definition) is 0. The van der Waals surface area contributed by atoms with Crippen LogP contribution in [0.25, 0.3) is 21.2 Å². The second-order valence-electron chi connectivity index (χ2n) is 4.22. The monoisotopic (exact) mass is 278 g/mol. The predicted molar refractivity (Wildman–Crippen MR) is 72.3 cm³/mol. The maximum atomic E-state index is 12.7. The molecule has 0 saturated heterocycles. The number of alkyl halides is 3. The van der Waals surface area contributed by atoms with Crippen molar-refractivity contribution in [2.45, 2.75) is 6.18 Å². The number of rotatable bonds is 1. The lowest BCUT2D eigenvalue weighted by Crippen LogP contribution is -2.03. The summed E-state index contributed by atoms with van der Waals surface area (Å²) < 4.78 is 38.6. The van der Waals surface area contributed by atoms with Crippen LogP contribution >= 0.6 is 11.3 Å². The van der Waals surface area contributed by atoms with Crippen LogP contribution in [0, 0.1) is 0 Å². The first-order valence-corrected chi connectivity index (χ1v) is 6.57. The van der Waals surface area contributed by atoms with E-state index in [4.69, 9.17) is 0 Å². The second-order valence-corrected chi connectivity index (χ2v) is 5.14. The van der Waals surface area contributed by atoms with Crippen LogP contribution in [0.2, 0.25) is 0 Å². The highest BCUT2D eigenvalue weighted by atomic mass is 32.1. The summed E-state index contributed by atoms with van der Waals surface area (Å²) in [4.78, 5) is 0. The van der Waals surface area contributed by atoms with Gasteiger partial charge in [0.1, 0.15) is 0 Å². The predicted octanol–water partition coefficient (Wildman–Crippen LogP) is 5.59. The minimum atomic E-state index is -4.29. The van der Waals surface area contributed by atoms with E-state index in [1.54, 1.807) is 6.07 Å². The molecule has 0 fully saturated rings. The lowest BCUT2D eigenvalue weighted by atomic mass is 10.0. The fourth-order valence-electron chi connectivity index (χ4n) is 2.05. The molecule has 4 heteroatoms. The van der Waals surface area contributed by atoms with E-state index in [1.165, 1.54) is 17.4 Å². The van der Waals surface area contributed by atoms with Gasteiger partial charge in [-0.1, -0.05) is 36.4 Å². The summed E-state index contributed by atoms with van der Waals surface area (Å²) >= 11 is 1.34. The third-order valence-corrected chi connectivity index (χ3v) is 3.93. The molecule has 0 radical (unpaired) electrons. The van der Waals surface area contributed by atoms with Gasteiger partial charge in [-0.05, 0) is 23.1 Å². The molecule has 3 aromatic rings. The Kier molecular flexibility index (Phi) is 2.82. The average molecular weight is 278 g/mol. The van der Waals surface area contributed by atoms with Crippen molar-refractivity contribution in [3.05, 3.63) is 59.5 Å². The van der Waals surface area contributed by atoms with E-state index in [0.717, 1.165) is 22.6 Å². The zero-order valence-corrected chi connectivity index (χ0v) is 10.6. The van der Waals surface area contributed by atoms with Gasteiger partial charge in [0.15, 0.2) is 0 Å². The zero-order valence-electron chi connectivity index (χ0n) is 9.74. The van der Waals surface area contributed by atoms with Gasteiger partial charge >= 0.3 is 6.18 Å². The van der Waals surface area contributed by atoms with E-state index in [9.17, 15) is 13.2 Å². The molecule has 0 bridgehead atoms. The summed E-state index contributed by atoms with van der Waals surface area (Å²) in [5, 5.41) is 2.77. The molecule has 0 unspecified atom stereocenters. The van der Waals surface area contributed by atoms with Gasteiger partial charge in [-0.3, -0.25) is 0 Å². The van der Waals surface area contributed by atoms with Crippen molar-refractivity contribution in [1.29, 1.82) is 0 Å². The molecule has 1 aromatic heterocycles. The quantitative estimate of drug-likeness (QED) is 0.544. The fraction of sp³-hybridized carbons (Fsp3) is 0.0667. The van der Waals surface area contributed by atoms with Crippen molar-refractivity contribution in [1.82, 2.24) is 0 Å². The Morgan fingerprint density at radius 2 is 1.63 bits per heavy atom. The van der Waals surface area contributed by atoms with Gasteiger partial charge in [0.25, 0.3) is 0 Å². The SMILES string of the molecule is FC(F)(F)c1ccc2c(-c3ccccc3)csc2c1. The molecule has 0 atom stereocenters. The van der Waals surface area contributed by atoms with E-state index in [1.807, 2.05) is 35.7 Å². The minimum Gasteiger partial charge on any atom is -0.166 e. The Morgan fingerprint density at radius 3 is 2.32 bits per heavy atom. The number of fused-ring (bicyclic) bond motifs is 1. The van der Waals surface area contributed by atoms with E-state index in [-0.39, 0.29) is 0 Å². The van der Waals surface area contributed by atoms with Crippen LogP contribution in [0.1, 0.15) is 5.56 Å². The molecule has 2 aromatic carbocycles. The van der Waals surface area contributed by atoms with Gasteiger partial charge < -0.3 is 0 Å². The molecule has 0 nitrogen and oxygen atoms in total. The molecule has 0 N–H and O–H groups in total. The second kappa shape index (κ2) is 4.38. The van der Waals surface area contributed by atoms with Crippen LogP contribution in [0.15, 0.2) is 53.9 Å². The van der Waals surface area contributed by atoms with Crippen molar-refractivity contribution < 1.29 is 13.2 Å². The van der Waals surface area contributed by atoms with Crippen molar-refractivity contribution in [3.63, 3.8) is 0 Å².